The fourth-order valence-corrected chi connectivity index (χ4v) is 1.80. The molecule has 0 radical (unpaired) electrons. The van der Waals surface area contributed by atoms with Crippen LogP contribution in [-0.4, -0.2) is 12.2 Å². The van der Waals surface area contributed by atoms with Crippen LogP contribution in [0.2, 0.25) is 0 Å². The lowest BCUT2D eigenvalue weighted by Gasteiger charge is -2.00. The molecule has 0 saturated carbocycles. The summed E-state index contributed by atoms with van der Waals surface area (Å²) in [7, 11) is 1.70. The molecule has 0 amide bonds. The zero-order chi connectivity index (χ0) is 9.68. The normalized spacial score (nSPS) is 11.7. The van der Waals surface area contributed by atoms with E-state index in [0.29, 0.717) is 5.17 Å². The van der Waals surface area contributed by atoms with E-state index in [1.807, 2.05) is 0 Å². The van der Waals surface area contributed by atoms with E-state index in [9.17, 15) is 0 Å². The fourth-order valence-electron chi connectivity index (χ4n) is 0.802. The van der Waals surface area contributed by atoms with Gasteiger partial charge in [0.1, 0.15) is 0 Å². The van der Waals surface area contributed by atoms with E-state index in [4.69, 9.17) is 5.73 Å². The number of hydrogen-bond acceptors (Lipinski definition) is 2. The Morgan fingerprint density at radius 2 is 2.08 bits per heavy atom. The van der Waals surface area contributed by atoms with Gasteiger partial charge in [-0.1, -0.05) is 23.9 Å². The van der Waals surface area contributed by atoms with Gasteiger partial charge in [0.05, 0.1) is 0 Å². The van der Waals surface area contributed by atoms with Gasteiger partial charge in [-0.15, -0.1) is 0 Å². The van der Waals surface area contributed by atoms with Gasteiger partial charge in [0.15, 0.2) is 5.17 Å². The van der Waals surface area contributed by atoms with Crippen LogP contribution < -0.4 is 5.73 Å². The first-order valence-corrected chi connectivity index (χ1v) is 5.88. The third-order valence-electron chi connectivity index (χ3n) is 1.52. The summed E-state index contributed by atoms with van der Waals surface area (Å²) in [6, 6.07) is 8.40. The summed E-state index contributed by atoms with van der Waals surface area (Å²) >= 11 is 3.85. The van der Waals surface area contributed by atoms with Crippen molar-refractivity contribution in [3.63, 3.8) is 0 Å². The zero-order valence-corrected chi connectivity index (χ0v) is 10.3. The summed E-state index contributed by atoms with van der Waals surface area (Å²) < 4.78 is 1.25. The smallest absolute Gasteiger partial charge is 0.153 e. The lowest BCUT2D eigenvalue weighted by Crippen LogP contribution is -2.05. The highest BCUT2D eigenvalue weighted by Gasteiger charge is 1.95. The minimum Gasteiger partial charge on any atom is -0.379 e. The van der Waals surface area contributed by atoms with Gasteiger partial charge in [-0.05, 0) is 40.3 Å². The van der Waals surface area contributed by atoms with Crippen molar-refractivity contribution in [3.05, 3.63) is 33.4 Å². The quantitative estimate of drug-likeness (QED) is 0.518. The first-order valence-electron chi connectivity index (χ1n) is 3.82. The van der Waals surface area contributed by atoms with Crippen LogP contribution in [0.3, 0.4) is 0 Å². The van der Waals surface area contributed by atoms with Gasteiger partial charge in [-0.3, -0.25) is 4.99 Å². The Morgan fingerprint density at radius 1 is 1.46 bits per heavy atom. The van der Waals surface area contributed by atoms with Gasteiger partial charge >= 0.3 is 0 Å². The highest BCUT2D eigenvalue weighted by atomic mass is 127. The molecular weight excluding hydrogens is 295 g/mol. The summed E-state index contributed by atoms with van der Waals surface area (Å²) in [6.45, 7) is 0. The average molecular weight is 306 g/mol. The van der Waals surface area contributed by atoms with Crippen LogP contribution in [0, 0.1) is 3.57 Å². The third-order valence-corrected chi connectivity index (χ3v) is 3.20. The average Bonchev–Trinajstić information content (AvgIpc) is 2.16. The van der Waals surface area contributed by atoms with Gasteiger partial charge in [-0.2, -0.15) is 0 Å². The second-order valence-corrected chi connectivity index (χ2v) is 4.72. The number of hydrogen-bond donors (Lipinski definition) is 1. The van der Waals surface area contributed by atoms with Crippen LogP contribution in [0.15, 0.2) is 29.3 Å². The predicted molar refractivity (Wildman–Crippen MR) is 68.0 cm³/mol. The second kappa shape index (κ2) is 5.49. The summed E-state index contributed by atoms with van der Waals surface area (Å²) in [4.78, 5) is 3.88. The van der Waals surface area contributed by atoms with Crippen molar-refractivity contribution < 1.29 is 0 Å². The minimum atomic E-state index is 0.638. The first-order chi connectivity index (χ1) is 6.22. The Hall–Kier alpha value is -0.230. The molecule has 13 heavy (non-hydrogen) atoms. The van der Waals surface area contributed by atoms with Crippen molar-refractivity contribution in [2.75, 3.05) is 7.05 Å². The Labute approximate surface area is 96.1 Å². The summed E-state index contributed by atoms with van der Waals surface area (Å²) in [5, 5.41) is 0.638. The topological polar surface area (TPSA) is 38.4 Å². The number of benzene rings is 1. The predicted octanol–water partition coefficient (Wildman–Crippen LogP) is 2.47. The summed E-state index contributed by atoms with van der Waals surface area (Å²) in [5.41, 5.74) is 6.84. The molecule has 0 spiro atoms. The summed E-state index contributed by atoms with van der Waals surface area (Å²) in [6.07, 6.45) is 0. The number of thioether (sulfide) groups is 1. The molecule has 1 aromatic rings. The van der Waals surface area contributed by atoms with Crippen molar-refractivity contribution in [2.45, 2.75) is 5.75 Å². The van der Waals surface area contributed by atoms with E-state index in [0.717, 1.165) is 5.75 Å². The number of nitrogens with two attached hydrogens (primary N) is 1. The molecule has 2 N–H and O–H groups in total. The van der Waals surface area contributed by atoms with Gasteiger partial charge in [-0.25, -0.2) is 0 Å². The molecule has 0 unspecified atom stereocenters. The molecule has 0 atom stereocenters. The molecule has 1 aromatic carbocycles. The minimum absolute atomic E-state index is 0.638. The molecule has 0 aliphatic rings. The van der Waals surface area contributed by atoms with E-state index in [1.165, 1.54) is 9.13 Å². The van der Waals surface area contributed by atoms with Gasteiger partial charge < -0.3 is 5.73 Å². The first kappa shape index (κ1) is 10.8. The maximum Gasteiger partial charge on any atom is 0.153 e. The molecule has 1 rings (SSSR count). The molecule has 2 nitrogen and oxygen atoms in total. The molecule has 0 fully saturated rings. The maximum atomic E-state index is 5.56. The maximum absolute atomic E-state index is 5.56. The monoisotopic (exact) mass is 306 g/mol. The molecule has 0 aromatic heterocycles. The van der Waals surface area contributed by atoms with Crippen LogP contribution in [0.1, 0.15) is 5.56 Å². The molecule has 0 aliphatic heterocycles. The molecule has 0 saturated heterocycles. The van der Waals surface area contributed by atoms with Crippen LogP contribution in [0.4, 0.5) is 0 Å². The number of aliphatic imine (C=N–C) groups is 1. The number of amidine groups is 1. The Balaban J connectivity index is 2.51. The zero-order valence-electron chi connectivity index (χ0n) is 7.33. The van der Waals surface area contributed by atoms with Crippen LogP contribution >= 0.6 is 34.4 Å². The van der Waals surface area contributed by atoms with Crippen molar-refractivity contribution in [1.29, 1.82) is 0 Å². The van der Waals surface area contributed by atoms with Crippen LogP contribution in [0.5, 0.6) is 0 Å². The SMILES string of the molecule is CN=C(N)SCc1ccc(I)cc1. The van der Waals surface area contributed by atoms with E-state index < -0.39 is 0 Å². The molecule has 4 heteroatoms. The Morgan fingerprint density at radius 3 is 2.62 bits per heavy atom. The number of rotatable bonds is 2. The van der Waals surface area contributed by atoms with E-state index in [2.05, 4.69) is 51.8 Å². The van der Waals surface area contributed by atoms with Crippen molar-refractivity contribution in [1.82, 2.24) is 0 Å². The largest absolute Gasteiger partial charge is 0.379 e. The standard InChI is InChI=1S/C9H11IN2S/c1-12-9(11)13-6-7-2-4-8(10)5-3-7/h2-5H,6H2,1H3,(H2,11,12). The van der Waals surface area contributed by atoms with Gasteiger partial charge in [0.25, 0.3) is 0 Å². The number of nitrogens with zero attached hydrogens (tertiary/aromatic N) is 1. The summed E-state index contributed by atoms with van der Waals surface area (Å²) in [5.74, 6) is 0.889. The molecule has 0 bridgehead atoms. The molecular formula is C9H11IN2S. The number of halogens is 1. The molecule has 0 heterocycles. The van der Waals surface area contributed by atoms with Crippen molar-refractivity contribution in [2.24, 2.45) is 10.7 Å². The van der Waals surface area contributed by atoms with E-state index in [1.54, 1.807) is 18.8 Å². The van der Waals surface area contributed by atoms with Crippen LogP contribution in [-0.2, 0) is 5.75 Å². The Kier molecular flexibility index (Phi) is 4.58. The Bertz CT molecular complexity index is 295. The van der Waals surface area contributed by atoms with Crippen LogP contribution in [0.25, 0.3) is 0 Å². The van der Waals surface area contributed by atoms with Crippen molar-refractivity contribution in [3.8, 4) is 0 Å². The highest BCUT2D eigenvalue weighted by molar-refractivity contribution is 14.1. The van der Waals surface area contributed by atoms with E-state index in [-0.39, 0.29) is 0 Å². The lowest BCUT2D eigenvalue weighted by molar-refractivity contribution is 1.40. The third kappa shape index (κ3) is 3.99. The fraction of sp³-hybridized carbons (Fsp3) is 0.222. The molecule has 0 aliphatic carbocycles. The lowest BCUT2D eigenvalue weighted by atomic mass is 10.2. The van der Waals surface area contributed by atoms with E-state index >= 15 is 0 Å². The molecule has 70 valence electrons. The highest BCUT2D eigenvalue weighted by Crippen LogP contribution is 2.13. The van der Waals surface area contributed by atoms with Crippen molar-refractivity contribution >= 4 is 39.5 Å². The second-order valence-electron chi connectivity index (χ2n) is 2.48. The van der Waals surface area contributed by atoms with Gasteiger partial charge in [0, 0.05) is 16.4 Å². The van der Waals surface area contributed by atoms with Gasteiger partial charge in [0.2, 0.25) is 0 Å².